The summed E-state index contributed by atoms with van der Waals surface area (Å²) in [6.07, 6.45) is 2.88. The topological polar surface area (TPSA) is 767 Å². The number of hydrogen-bond donors (Lipinski definition) is 5. The molecule has 17 unspecified atom stereocenters. The maximum absolute atomic E-state index is 11.7. The van der Waals surface area contributed by atoms with E-state index in [9.17, 15) is 114 Å². The van der Waals surface area contributed by atoms with E-state index in [1.165, 1.54) is 0 Å². The summed E-state index contributed by atoms with van der Waals surface area (Å²) < 4.78 is 219. The van der Waals surface area contributed by atoms with Crippen molar-refractivity contribution in [2.24, 2.45) is 29.6 Å². The maximum Gasteiger partial charge on any atom is 0.268 e. The van der Waals surface area contributed by atoms with E-state index in [0.29, 0.717) is 6.42 Å². The van der Waals surface area contributed by atoms with Crippen LogP contribution in [0.25, 0.3) is 0 Å². The first-order valence-electron chi connectivity index (χ1n) is 28.6. The Morgan fingerprint density at radius 2 is 0.380 bits per heavy atom. The average Bonchev–Trinajstić information content (AvgIpc) is 0.964. The number of phosphoric acid groups is 12. The molecule has 608 valence electrons. The van der Waals surface area contributed by atoms with E-state index in [0.717, 1.165) is 19.3 Å². The number of aliphatic hydroxyl groups is 1. The Kier molecular flexibility index (Phi) is 59.0. The lowest BCUT2D eigenvalue weighted by molar-refractivity contribution is -0.238. The standard InChI is InChI=1S/C18H44O25P6.3C7H18O8P2/c1-3-17(13-19)14-42-48(29,30)39-11-9-37-46(25,26)35-7-5-33-45(23,24)34-6-8-36-47(27,28)38-10-12-40-49(31,32)43-16-18(4-2)15-41-44(20,21)22;3*1-3-7(2)6-15-17(11,12)14-5-4-13-16(8,9)10/h17-19H,3-16H2,1-2H3,(H,23,24)(H,25,26)(H,27,28)(H,29,30)(H,31,32)(H2,20,21,22);3*7H,3-6H2,1-2H3,(H,11,12)(H2,8,9,10)/p-12. The van der Waals surface area contributed by atoms with Gasteiger partial charge in [0.2, 0.25) is 0 Å². The second kappa shape index (κ2) is 54.8. The zero-order chi connectivity index (χ0) is 78.4. The minimum absolute atomic E-state index is 0.00180. The Bertz CT molecular complexity index is 2610. The van der Waals surface area contributed by atoms with Crippen molar-refractivity contribution in [1.82, 2.24) is 0 Å². The van der Waals surface area contributed by atoms with Gasteiger partial charge in [-0.05, 0) is 30.6 Å². The lowest BCUT2D eigenvalue weighted by atomic mass is 10.1. The molecule has 0 amide bonds. The van der Waals surface area contributed by atoms with Crippen LogP contribution in [0.5, 0.6) is 0 Å². The molecule has 49 nitrogen and oxygen atoms in total. The molecule has 0 heterocycles. The van der Waals surface area contributed by atoms with Gasteiger partial charge in [-0.1, -0.05) is 74.7 Å². The second-order valence-electron chi connectivity index (χ2n) is 19.2. The van der Waals surface area contributed by atoms with Crippen LogP contribution in [0.15, 0.2) is 0 Å². The molecule has 17 atom stereocenters. The van der Waals surface area contributed by atoms with Crippen LogP contribution in [-0.2, 0) is 145 Å². The van der Waals surface area contributed by atoms with Gasteiger partial charge in [0.05, 0.1) is 132 Å². The minimum atomic E-state index is -5.13. The van der Waals surface area contributed by atoms with Crippen LogP contribution in [0, 0.1) is 29.6 Å². The van der Waals surface area contributed by atoms with Crippen LogP contribution in [0.4, 0.5) is 0 Å². The lowest BCUT2D eigenvalue weighted by Crippen LogP contribution is -2.20. The molecule has 0 aliphatic rings. The lowest BCUT2D eigenvalue weighted by Gasteiger charge is -2.27. The van der Waals surface area contributed by atoms with Gasteiger partial charge in [0.15, 0.2) is 0 Å². The molecule has 0 fully saturated rings. The fraction of sp³-hybridized carbons (Fsp3) is 1.00. The first-order chi connectivity index (χ1) is 45.4. The average molecular weight is 1710 g/mol. The molecule has 0 saturated heterocycles. The minimum Gasteiger partial charge on any atom is -0.756 e. The van der Waals surface area contributed by atoms with Crippen molar-refractivity contribution in [3.63, 3.8) is 0 Å². The Balaban J connectivity index is -0.000000729. The van der Waals surface area contributed by atoms with E-state index in [1.807, 2.05) is 41.5 Å². The molecule has 0 rings (SSSR count). The molecular weight excluding hydrogens is 1620 g/mol. The summed E-state index contributed by atoms with van der Waals surface area (Å²) in [5.74, 6) is -1.04. The van der Waals surface area contributed by atoms with Crippen LogP contribution in [0.1, 0.15) is 87.5 Å². The van der Waals surface area contributed by atoms with E-state index in [4.69, 9.17) is 24.7 Å². The Labute approximate surface area is 576 Å². The predicted molar refractivity (Wildman–Crippen MR) is 312 cm³/mol. The van der Waals surface area contributed by atoms with Crippen LogP contribution >= 0.6 is 93.9 Å². The van der Waals surface area contributed by atoms with Gasteiger partial charge in [-0.15, -0.1) is 0 Å². The highest BCUT2D eigenvalue weighted by Crippen LogP contribution is 2.46. The molecule has 100 heavy (non-hydrogen) atoms. The van der Waals surface area contributed by atoms with Crippen molar-refractivity contribution in [3.8, 4) is 0 Å². The summed E-state index contributed by atoms with van der Waals surface area (Å²) in [4.78, 5) is 166. The first-order valence-corrected chi connectivity index (χ1v) is 46.3. The quantitative estimate of drug-likeness (QED) is 0.0326. The monoisotopic (exact) mass is 1710 g/mol. The van der Waals surface area contributed by atoms with E-state index >= 15 is 0 Å². The third-order valence-electron chi connectivity index (χ3n) is 10.6. The van der Waals surface area contributed by atoms with Crippen molar-refractivity contribution in [1.29, 1.82) is 0 Å². The van der Waals surface area contributed by atoms with E-state index in [-0.39, 0.29) is 57.2 Å². The van der Waals surface area contributed by atoms with Crippen molar-refractivity contribution < 1.29 is 229 Å². The van der Waals surface area contributed by atoms with Crippen molar-refractivity contribution >= 4 is 93.9 Å². The smallest absolute Gasteiger partial charge is 0.268 e. The van der Waals surface area contributed by atoms with Crippen LogP contribution in [0.2, 0.25) is 0 Å². The number of hydrogen-bond acceptors (Lipinski definition) is 45. The summed E-state index contributed by atoms with van der Waals surface area (Å²) in [6.45, 7) is 1.88. The molecule has 0 aliphatic carbocycles. The highest BCUT2D eigenvalue weighted by atomic mass is 31.2. The Morgan fingerprint density at radius 3 is 0.540 bits per heavy atom. The van der Waals surface area contributed by atoms with Gasteiger partial charge in [0, 0.05) is 18.4 Å². The van der Waals surface area contributed by atoms with Gasteiger partial charge in [-0.3, -0.25) is 54.8 Å². The Morgan fingerprint density at radius 1 is 0.230 bits per heavy atom. The SMILES string of the molecule is CCC(C)COP(=O)([O-])OCCOP(=O)([O-])O.CCC(C)COP(=O)([O-])OCCOP(=O)([O-])O.CCC(C)COP(=O)([O-])OCCOP(=O)([O-])O.CCC(CO)COP(=O)([O-])OCCOP(=O)([O-])OCCOP(=O)([O-])OCCOP(=O)([O-])OCCOP(=O)([O-])OCC(CC)COP(=O)([O-])O. The fourth-order valence-corrected chi connectivity index (χ4v) is 11.9. The molecular formula is C39H86O49P12-12. The highest BCUT2D eigenvalue weighted by Gasteiger charge is 2.21. The molecule has 0 bridgehead atoms. The van der Waals surface area contributed by atoms with Gasteiger partial charge < -0.3 is 174 Å². The van der Waals surface area contributed by atoms with E-state index < -0.39 is 211 Å². The molecule has 0 aromatic carbocycles. The summed E-state index contributed by atoms with van der Waals surface area (Å²) in [7, 11) is -58.1. The third-order valence-corrected chi connectivity index (χ3v) is 20.4. The summed E-state index contributed by atoms with van der Waals surface area (Å²) in [5.41, 5.74) is 0. The zero-order valence-electron chi connectivity index (χ0n) is 54.8. The zero-order valence-corrected chi connectivity index (χ0v) is 65.6. The maximum atomic E-state index is 11.7. The molecule has 0 radical (unpaired) electrons. The van der Waals surface area contributed by atoms with Crippen molar-refractivity contribution in [3.05, 3.63) is 0 Å². The van der Waals surface area contributed by atoms with Gasteiger partial charge >= 0.3 is 0 Å². The summed E-state index contributed by atoms with van der Waals surface area (Å²) in [5, 5.41) is 9.01. The molecule has 0 aromatic heterocycles. The largest absolute Gasteiger partial charge is 0.756 e. The second-order valence-corrected chi connectivity index (χ2v) is 35.2. The molecule has 0 saturated carbocycles. The number of aliphatic hydroxyl groups excluding tert-OH is 1. The number of rotatable bonds is 59. The fourth-order valence-electron chi connectivity index (χ4n) is 4.58. The third kappa shape index (κ3) is 76.1. The van der Waals surface area contributed by atoms with Gasteiger partial charge in [-0.25, -0.2) is 0 Å². The van der Waals surface area contributed by atoms with E-state index in [1.54, 1.807) is 13.8 Å². The van der Waals surface area contributed by atoms with Gasteiger partial charge in [-0.2, -0.15) is 0 Å². The normalized spacial score (nSPS) is 20.7. The predicted octanol–water partition coefficient (Wildman–Crippen LogP) is -1.95. The molecule has 0 spiro atoms. The van der Waals surface area contributed by atoms with Gasteiger partial charge in [0.1, 0.15) is 0 Å². The van der Waals surface area contributed by atoms with Crippen LogP contribution < -0.4 is 58.7 Å². The highest BCUT2D eigenvalue weighted by molar-refractivity contribution is 7.48. The first kappa shape index (κ1) is 108. The van der Waals surface area contributed by atoms with Crippen LogP contribution in [0.3, 0.4) is 0 Å². The van der Waals surface area contributed by atoms with Gasteiger partial charge in [0.25, 0.3) is 93.9 Å². The van der Waals surface area contributed by atoms with Crippen molar-refractivity contribution in [2.75, 3.05) is 139 Å². The summed E-state index contributed by atoms with van der Waals surface area (Å²) in [6, 6.07) is 0. The van der Waals surface area contributed by atoms with Crippen LogP contribution in [-0.4, -0.2) is 163 Å². The molecule has 5 N–H and O–H groups in total. The van der Waals surface area contributed by atoms with E-state index in [2.05, 4.69) is 90.5 Å². The molecule has 0 aliphatic heterocycles. The Hall–Kier alpha value is 1.28. The van der Waals surface area contributed by atoms with Crippen molar-refractivity contribution in [2.45, 2.75) is 87.5 Å². The summed E-state index contributed by atoms with van der Waals surface area (Å²) >= 11 is 0. The molecule has 61 heteroatoms. The molecule has 0 aromatic rings. The number of phosphoric ester groups is 12.